The molecule has 0 amide bonds. The molecule has 0 saturated carbocycles. The van der Waals surface area contributed by atoms with Crippen LogP contribution in [0.2, 0.25) is 0 Å². The van der Waals surface area contributed by atoms with Crippen LogP contribution in [0.1, 0.15) is 26.5 Å². The van der Waals surface area contributed by atoms with Gasteiger partial charge in [0, 0.05) is 37.7 Å². The number of hydrogen-bond donors (Lipinski definition) is 1. The Hall–Kier alpha value is -2.44. The van der Waals surface area contributed by atoms with Crippen molar-refractivity contribution < 1.29 is 4.39 Å². The highest BCUT2D eigenvalue weighted by Gasteiger charge is 2.27. The van der Waals surface area contributed by atoms with Crippen molar-refractivity contribution in [3.63, 3.8) is 0 Å². The Morgan fingerprint density at radius 2 is 1.75 bits per heavy atom. The third-order valence-corrected chi connectivity index (χ3v) is 4.15. The molecule has 2 aromatic heterocycles. The molecule has 128 valence electrons. The zero-order chi connectivity index (χ0) is 17.3. The van der Waals surface area contributed by atoms with Crippen LogP contribution in [0.25, 0.3) is 0 Å². The van der Waals surface area contributed by atoms with E-state index in [2.05, 4.69) is 19.9 Å². The number of hydrogen-bond acceptors (Lipinski definition) is 5. The summed E-state index contributed by atoms with van der Waals surface area (Å²) in [4.78, 5) is 26.5. The van der Waals surface area contributed by atoms with Crippen molar-refractivity contribution in [2.24, 2.45) is 0 Å². The van der Waals surface area contributed by atoms with Crippen molar-refractivity contribution in [1.29, 1.82) is 0 Å². The summed E-state index contributed by atoms with van der Waals surface area (Å²) in [6.07, 6.45) is 1.43. The minimum absolute atomic E-state index is 0.119. The summed E-state index contributed by atoms with van der Waals surface area (Å²) in [7, 11) is 0. The van der Waals surface area contributed by atoms with Crippen LogP contribution < -0.4 is 15.4 Å². The van der Waals surface area contributed by atoms with E-state index in [4.69, 9.17) is 0 Å². The summed E-state index contributed by atoms with van der Waals surface area (Å²) in [5.74, 6) is 0.809. The number of nitrogens with one attached hydrogen (secondary N) is 1. The number of halogens is 1. The van der Waals surface area contributed by atoms with Gasteiger partial charge >= 0.3 is 0 Å². The molecule has 0 spiro atoms. The van der Waals surface area contributed by atoms with Gasteiger partial charge in [0.25, 0.3) is 0 Å². The first-order valence-electron chi connectivity index (χ1n) is 8.06. The summed E-state index contributed by atoms with van der Waals surface area (Å²) in [5, 5.41) is 0. The van der Waals surface area contributed by atoms with Crippen molar-refractivity contribution in [3.05, 3.63) is 46.4 Å². The molecule has 7 heteroatoms. The van der Waals surface area contributed by atoms with Gasteiger partial charge in [-0.2, -0.15) is 0 Å². The normalized spacial score (nSPS) is 15.7. The first-order chi connectivity index (χ1) is 11.4. The molecule has 1 fully saturated rings. The minimum Gasteiger partial charge on any atom is -0.355 e. The van der Waals surface area contributed by atoms with E-state index in [0.29, 0.717) is 37.7 Å². The number of aromatic nitrogens is 3. The maximum atomic E-state index is 14.8. The van der Waals surface area contributed by atoms with E-state index >= 15 is 0 Å². The Kier molecular flexibility index (Phi) is 4.26. The molecule has 0 unspecified atom stereocenters. The van der Waals surface area contributed by atoms with Crippen LogP contribution in [0, 0.1) is 5.82 Å². The van der Waals surface area contributed by atoms with Crippen LogP contribution in [0.15, 0.2) is 29.3 Å². The maximum Gasteiger partial charge on any atom is 0.249 e. The number of pyridine rings is 1. The van der Waals surface area contributed by atoms with Gasteiger partial charge in [-0.1, -0.05) is 26.8 Å². The van der Waals surface area contributed by atoms with Gasteiger partial charge in [-0.3, -0.25) is 4.79 Å². The molecule has 0 aromatic carbocycles. The molecule has 3 rings (SSSR count). The van der Waals surface area contributed by atoms with Crippen LogP contribution in [-0.2, 0) is 5.41 Å². The van der Waals surface area contributed by atoms with Crippen LogP contribution >= 0.6 is 0 Å². The van der Waals surface area contributed by atoms with Crippen molar-refractivity contribution >= 4 is 11.6 Å². The lowest BCUT2D eigenvalue weighted by atomic mass is 9.91. The summed E-state index contributed by atoms with van der Waals surface area (Å²) in [5.41, 5.74) is -0.0541. The Balaban J connectivity index is 1.77. The Bertz CT molecular complexity index is 775. The average molecular weight is 331 g/mol. The van der Waals surface area contributed by atoms with E-state index in [9.17, 15) is 9.18 Å². The fraction of sp³-hybridized carbons (Fsp3) is 0.471. The Morgan fingerprint density at radius 1 is 1.08 bits per heavy atom. The molecule has 1 N–H and O–H groups in total. The molecule has 24 heavy (non-hydrogen) atoms. The van der Waals surface area contributed by atoms with Gasteiger partial charge < -0.3 is 14.8 Å². The largest absolute Gasteiger partial charge is 0.355 e. The monoisotopic (exact) mass is 331 g/mol. The van der Waals surface area contributed by atoms with Gasteiger partial charge in [0.15, 0.2) is 11.6 Å². The maximum absolute atomic E-state index is 14.8. The van der Waals surface area contributed by atoms with Crippen molar-refractivity contribution in [3.8, 4) is 0 Å². The van der Waals surface area contributed by atoms with E-state index in [0.717, 1.165) is 5.82 Å². The third kappa shape index (κ3) is 3.25. The molecule has 0 atom stereocenters. The molecular formula is C17H22FN5O. The van der Waals surface area contributed by atoms with Gasteiger partial charge in [0.2, 0.25) is 5.56 Å². The lowest BCUT2D eigenvalue weighted by Crippen LogP contribution is -2.47. The first kappa shape index (κ1) is 16.4. The Labute approximate surface area is 140 Å². The van der Waals surface area contributed by atoms with Crippen LogP contribution in [0.4, 0.5) is 16.0 Å². The van der Waals surface area contributed by atoms with Crippen molar-refractivity contribution in [1.82, 2.24) is 15.0 Å². The lowest BCUT2D eigenvalue weighted by molar-refractivity contribution is 0.492. The molecule has 1 aliphatic rings. The Morgan fingerprint density at radius 3 is 2.38 bits per heavy atom. The molecule has 6 nitrogen and oxygen atoms in total. The second-order valence-electron chi connectivity index (χ2n) is 6.98. The second kappa shape index (κ2) is 6.22. The van der Waals surface area contributed by atoms with Gasteiger partial charge in [0.1, 0.15) is 12.1 Å². The number of aromatic amines is 1. The predicted octanol–water partition coefficient (Wildman–Crippen LogP) is 1.93. The fourth-order valence-corrected chi connectivity index (χ4v) is 2.88. The van der Waals surface area contributed by atoms with Crippen LogP contribution in [0.5, 0.6) is 0 Å². The standard InChI is InChI=1S/C17H22FN5O/c1-17(2,3)15-14(18)16(20-11-19-15)23-9-7-22(8-10-23)12-5-4-6-13(24)21-12/h4-6,11H,7-10H2,1-3H3,(H,21,24). The topological polar surface area (TPSA) is 65.1 Å². The number of piperazine rings is 1. The highest BCUT2D eigenvalue weighted by atomic mass is 19.1. The summed E-state index contributed by atoms with van der Waals surface area (Å²) in [6.45, 7) is 8.45. The zero-order valence-corrected chi connectivity index (χ0v) is 14.2. The predicted molar refractivity (Wildman–Crippen MR) is 92.2 cm³/mol. The fourth-order valence-electron chi connectivity index (χ4n) is 2.88. The minimum atomic E-state index is -0.368. The van der Waals surface area contributed by atoms with E-state index < -0.39 is 0 Å². The van der Waals surface area contributed by atoms with Gasteiger partial charge in [-0.25, -0.2) is 14.4 Å². The molecule has 1 saturated heterocycles. The lowest BCUT2D eigenvalue weighted by Gasteiger charge is -2.36. The van der Waals surface area contributed by atoms with E-state index in [1.807, 2.05) is 31.7 Å². The smallest absolute Gasteiger partial charge is 0.249 e. The summed E-state index contributed by atoms with van der Waals surface area (Å²) < 4.78 is 14.8. The molecule has 0 radical (unpaired) electrons. The average Bonchev–Trinajstić information content (AvgIpc) is 2.54. The zero-order valence-electron chi connectivity index (χ0n) is 14.2. The van der Waals surface area contributed by atoms with E-state index in [1.165, 1.54) is 12.4 Å². The van der Waals surface area contributed by atoms with Crippen molar-refractivity contribution in [2.45, 2.75) is 26.2 Å². The van der Waals surface area contributed by atoms with Gasteiger partial charge in [0.05, 0.1) is 5.69 Å². The first-order valence-corrected chi connectivity index (χ1v) is 8.06. The van der Waals surface area contributed by atoms with Crippen LogP contribution in [0.3, 0.4) is 0 Å². The van der Waals surface area contributed by atoms with E-state index in [-0.39, 0.29) is 16.8 Å². The number of rotatable bonds is 2. The molecule has 3 heterocycles. The van der Waals surface area contributed by atoms with Crippen molar-refractivity contribution in [2.75, 3.05) is 36.0 Å². The molecule has 0 bridgehead atoms. The van der Waals surface area contributed by atoms with Gasteiger partial charge in [-0.15, -0.1) is 0 Å². The number of anilines is 2. The SMILES string of the molecule is CC(C)(C)c1ncnc(N2CCN(c3cccc(=O)[nH]3)CC2)c1F. The molecule has 2 aromatic rings. The highest BCUT2D eigenvalue weighted by Crippen LogP contribution is 2.28. The highest BCUT2D eigenvalue weighted by molar-refractivity contribution is 5.46. The number of nitrogens with zero attached hydrogens (tertiary/aromatic N) is 4. The quantitative estimate of drug-likeness (QED) is 0.911. The summed E-state index contributed by atoms with van der Waals surface area (Å²) >= 11 is 0. The molecule has 1 aliphatic heterocycles. The molecule has 0 aliphatic carbocycles. The van der Waals surface area contributed by atoms with E-state index in [1.54, 1.807) is 6.07 Å². The molecular weight excluding hydrogens is 309 g/mol. The van der Waals surface area contributed by atoms with Gasteiger partial charge in [-0.05, 0) is 6.07 Å². The second-order valence-corrected chi connectivity index (χ2v) is 6.98. The number of H-pyrrole nitrogens is 1. The third-order valence-electron chi connectivity index (χ3n) is 4.15. The summed E-state index contributed by atoms with van der Waals surface area (Å²) in [6, 6.07) is 5.10. The van der Waals surface area contributed by atoms with Crippen LogP contribution in [-0.4, -0.2) is 41.1 Å².